The molecule has 1 atom stereocenters. The third-order valence-corrected chi connectivity index (χ3v) is 3.57. The number of anilines is 1. The second kappa shape index (κ2) is 5.72. The van der Waals surface area contributed by atoms with Crippen LogP contribution >= 0.6 is 27.5 Å². The lowest BCUT2D eigenvalue weighted by Gasteiger charge is -2.17. The van der Waals surface area contributed by atoms with Gasteiger partial charge in [0.05, 0.1) is 6.04 Å². The lowest BCUT2D eigenvalue weighted by molar-refractivity contribution is 0.600. The first-order valence-electron chi connectivity index (χ1n) is 5.54. The molecule has 0 saturated heterocycles. The quantitative estimate of drug-likeness (QED) is 0.794. The van der Waals surface area contributed by atoms with Crippen LogP contribution in [0.3, 0.4) is 0 Å². The van der Waals surface area contributed by atoms with E-state index in [0.717, 1.165) is 10.2 Å². The van der Waals surface area contributed by atoms with Crippen LogP contribution < -0.4 is 5.32 Å². The molecular formula is C14H12BrClFN. The minimum Gasteiger partial charge on any atom is -0.377 e. The van der Waals surface area contributed by atoms with Gasteiger partial charge in [-0.3, -0.25) is 0 Å². The fourth-order valence-electron chi connectivity index (χ4n) is 1.74. The smallest absolute Gasteiger partial charge is 0.128 e. The number of rotatable bonds is 3. The summed E-state index contributed by atoms with van der Waals surface area (Å²) in [6.45, 7) is 1.92. The number of hydrogen-bond donors (Lipinski definition) is 1. The zero-order valence-corrected chi connectivity index (χ0v) is 12.1. The molecule has 0 radical (unpaired) electrons. The maximum Gasteiger partial charge on any atom is 0.128 e. The normalized spacial score (nSPS) is 12.2. The maximum absolute atomic E-state index is 13.6. The Bertz CT molecular complexity index is 559. The van der Waals surface area contributed by atoms with E-state index in [-0.39, 0.29) is 11.9 Å². The zero-order chi connectivity index (χ0) is 13.1. The zero-order valence-electron chi connectivity index (χ0n) is 9.75. The summed E-state index contributed by atoms with van der Waals surface area (Å²) in [7, 11) is 0. The molecule has 0 aliphatic carbocycles. The van der Waals surface area contributed by atoms with Gasteiger partial charge in [-0.05, 0) is 47.1 Å². The van der Waals surface area contributed by atoms with Crippen LogP contribution in [0.1, 0.15) is 18.5 Å². The molecule has 0 bridgehead atoms. The van der Waals surface area contributed by atoms with E-state index in [4.69, 9.17) is 11.6 Å². The van der Waals surface area contributed by atoms with Crippen molar-refractivity contribution >= 4 is 33.2 Å². The largest absolute Gasteiger partial charge is 0.377 e. The first-order valence-corrected chi connectivity index (χ1v) is 6.71. The van der Waals surface area contributed by atoms with Gasteiger partial charge in [0, 0.05) is 20.7 Å². The lowest BCUT2D eigenvalue weighted by atomic mass is 10.1. The van der Waals surface area contributed by atoms with Crippen molar-refractivity contribution in [2.75, 3.05) is 5.32 Å². The van der Waals surface area contributed by atoms with E-state index >= 15 is 0 Å². The maximum atomic E-state index is 13.6. The molecule has 94 valence electrons. The van der Waals surface area contributed by atoms with Crippen molar-refractivity contribution in [1.82, 2.24) is 0 Å². The Morgan fingerprint density at radius 3 is 2.61 bits per heavy atom. The molecule has 0 heterocycles. The van der Waals surface area contributed by atoms with Gasteiger partial charge in [-0.15, -0.1) is 0 Å². The molecule has 0 fully saturated rings. The van der Waals surface area contributed by atoms with Crippen molar-refractivity contribution in [3.8, 4) is 0 Å². The molecule has 0 aromatic heterocycles. The first-order chi connectivity index (χ1) is 8.58. The summed E-state index contributed by atoms with van der Waals surface area (Å²) in [4.78, 5) is 0. The van der Waals surface area contributed by atoms with Gasteiger partial charge < -0.3 is 5.32 Å². The van der Waals surface area contributed by atoms with Gasteiger partial charge in [-0.2, -0.15) is 0 Å². The molecule has 0 saturated carbocycles. The summed E-state index contributed by atoms with van der Waals surface area (Å²) in [5, 5.41) is 3.91. The molecular weight excluding hydrogens is 317 g/mol. The van der Waals surface area contributed by atoms with E-state index in [9.17, 15) is 4.39 Å². The number of hydrogen-bond acceptors (Lipinski definition) is 1. The highest BCUT2D eigenvalue weighted by Crippen LogP contribution is 2.29. The Morgan fingerprint density at radius 1 is 1.22 bits per heavy atom. The van der Waals surface area contributed by atoms with Gasteiger partial charge in [0.1, 0.15) is 5.82 Å². The Labute approximate surface area is 119 Å². The highest BCUT2D eigenvalue weighted by Gasteiger charge is 2.11. The summed E-state index contributed by atoms with van der Waals surface area (Å²) in [6, 6.07) is 12.1. The van der Waals surface area contributed by atoms with E-state index in [0.29, 0.717) is 10.6 Å². The van der Waals surface area contributed by atoms with Gasteiger partial charge >= 0.3 is 0 Å². The Morgan fingerprint density at radius 2 is 1.94 bits per heavy atom. The fraction of sp³-hybridized carbons (Fsp3) is 0.143. The minimum absolute atomic E-state index is 0.122. The highest BCUT2D eigenvalue weighted by atomic mass is 79.9. The minimum atomic E-state index is -0.206. The molecule has 1 N–H and O–H groups in total. The van der Waals surface area contributed by atoms with Crippen LogP contribution in [0, 0.1) is 5.82 Å². The average molecular weight is 329 g/mol. The molecule has 0 aliphatic rings. The van der Waals surface area contributed by atoms with Crippen molar-refractivity contribution in [2.24, 2.45) is 0 Å². The number of nitrogens with one attached hydrogen (secondary N) is 1. The molecule has 1 unspecified atom stereocenters. The second-order valence-corrected chi connectivity index (χ2v) is 5.30. The van der Waals surface area contributed by atoms with Crippen LogP contribution in [0.25, 0.3) is 0 Å². The summed E-state index contributed by atoms with van der Waals surface area (Å²) in [6.07, 6.45) is 0. The van der Waals surface area contributed by atoms with Gasteiger partial charge in [0.25, 0.3) is 0 Å². The van der Waals surface area contributed by atoms with Crippen LogP contribution in [0.5, 0.6) is 0 Å². The Kier molecular flexibility index (Phi) is 4.25. The van der Waals surface area contributed by atoms with Crippen molar-refractivity contribution in [2.45, 2.75) is 13.0 Å². The molecule has 2 aromatic carbocycles. The second-order valence-electron chi connectivity index (χ2n) is 4.01. The van der Waals surface area contributed by atoms with E-state index in [1.165, 1.54) is 6.07 Å². The third kappa shape index (κ3) is 3.03. The predicted octanol–water partition coefficient (Wildman–Crippen LogP) is 5.41. The molecule has 0 amide bonds. The van der Waals surface area contributed by atoms with Crippen LogP contribution in [-0.2, 0) is 0 Å². The third-order valence-electron chi connectivity index (χ3n) is 2.67. The predicted molar refractivity (Wildman–Crippen MR) is 77.6 cm³/mol. The van der Waals surface area contributed by atoms with Crippen molar-refractivity contribution in [3.63, 3.8) is 0 Å². The summed E-state index contributed by atoms with van der Waals surface area (Å²) in [5.74, 6) is -0.206. The Hall–Kier alpha value is -1.06. The van der Waals surface area contributed by atoms with Gasteiger partial charge in [0.15, 0.2) is 0 Å². The molecule has 0 aliphatic heterocycles. The van der Waals surface area contributed by atoms with Crippen LogP contribution in [0.15, 0.2) is 46.9 Å². The van der Waals surface area contributed by atoms with E-state index in [1.54, 1.807) is 24.3 Å². The van der Waals surface area contributed by atoms with Crippen LogP contribution in [0.2, 0.25) is 5.02 Å². The van der Waals surface area contributed by atoms with Crippen molar-refractivity contribution in [3.05, 3.63) is 63.3 Å². The van der Waals surface area contributed by atoms with E-state index < -0.39 is 0 Å². The molecule has 0 spiro atoms. The average Bonchev–Trinajstić information content (AvgIpc) is 2.33. The molecule has 1 nitrogen and oxygen atoms in total. The molecule has 18 heavy (non-hydrogen) atoms. The SMILES string of the molecule is CC(Nc1ccc(Cl)cc1Br)c1ccccc1F. The fourth-order valence-corrected chi connectivity index (χ4v) is 2.54. The van der Waals surface area contributed by atoms with Gasteiger partial charge in [-0.25, -0.2) is 4.39 Å². The number of benzene rings is 2. The summed E-state index contributed by atoms with van der Waals surface area (Å²) in [5.41, 5.74) is 1.52. The van der Waals surface area contributed by atoms with E-state index in [1.807, 2.05) is 19.1 Å². The highest BCUT2D eigenvalue weighted by molar-refractivity contribution is 9.10. The monoisotopic (exact) mass is 327 g/mol. The van der Waals surface area contributed by atoms with E-state index in [2.05, 4.69) is 21.2 Å². The van der Waals surface area contributed by atoms with Crippen molar-refractivity contribution < 1.29 is 4.39 Å². The van der Waals surface area contributed by atoms with Crippen molar-refractivity contribution in [1.29, 1.82) is 0 Å². The molecule has 2 rings (SSSR count). The summed E-state index contributed by atoms with van der Waals surface area (Å²) < 4.78 is 14.5. The molecule has 4 heteroatoms. The number of halogens is 3. The first kappa shape index (κ1) is 13.4. The standard InChI is InChI=1S/C14H12BrClFN/c1-9(11-4-2-3-5-13(11)17)18-14-7-6-10(16)8-12(14)15/h2-9,18H,1H3. The molecule has 2 aromatic rings. The lowest BCUT2D eigenvalue weighted by Crippen LogP contribution is -2.08. The van der Waals surface area contributed by atoms with Crippen LogP contribution in [-0.4, -0.2) is 0 Å². The Balaban J connectivity index is 2.21. The van der Waals surface area contributed by atoms with Gasteiger partial charge in [0.2, 0.25) is 0 Å². The topological polar surface area (TPSA) is 12.0 Å². The van der Waals surface area contributed by atoms with Crippen LogP contribution in [0.4, 0.5) is 10.1 Å². The summed E-state index contributed by atoms with van der Waals surface area (Å²) >= 11 is 9.30. The van der Waals surface area contributed by atoms with Gasteiger partial charge in [-0.1, -0.05) is 29.8 Å².